The Morgan fingerprint density at radius 2 is 1.73 bits per heavy atom. The van der Waals surface area contributed by atoms with E-state index in [2.05, 4.69) is 0 Å². The van der Waals surface area contributed by atoms with Crippen molar-refractivity contribution in [2.45, 2.75) is 26.9 Å². The van der Waals surface area contributed by atoms with Crippen molar-refractivity contribution < 1.29 is 23.1 Å². The summed E-state index contributed by atoms with van der Waals surface area (Å²) in [5.41, 5.74) is 2.87. The van der Waals surface area contributed by atoms with E-state index in [4.69, 9.17) is 4.74 Å². The molecule has 1 heterocycles. The Kier molecular flexibility index (Phi) is 6.40. The van der Waals surface area contributed by atoms with Crippen molar-refractivity contribution in [3.05, 3.63) is 94.6 Å². The molecule has 0 atom stereocenters. The highest BCUT2D eigenvalue weighted by atomic mass is 19.1. The molecule has 0 aliphatic carbocycles. The highest BCUT2D eigenvalue weighted by molar-refractivity contribution is 5.95. The second-order valence-corrected chi connectivity index (χ2v) is 8.05. The van der Waals surface area contributed by atoms with E-state index in [0.29, 0.717) is 17.9 Å². The zero-order valence-electron chi connectivity index (χ0n) is 18.5. The van der Waals surface area contributed by atoms with Gasteiger partial charge in [0, 0.05) is 24.7 Å². The third-order valence-corrected chi connectivity index (χ3v) is 5.64. The summed E-state index contributed by atoms with van der Waals surface area (Å²) in [5, 5.41) is 0. The number of nitrogens with zero attached hydrogens (tertiary/aromatic N) is 2. The van der Waals surface area contributed by atoms with E-state index < -0.39 is 23.1 Å². The van der Waals surface area contributed by atoms with Crippen LogP contribution >= 0.6 is 0 Å². The van der Waals surface area contributed by atoms with Gasteiger partial charge in [0.1, 0.15) is 29.6 Å². The van der Waals surface area contributed by atoms with Crippen molar-refractivity contribution in [3.63, 3.8) is 0 Å². The second kappa shape index (κ2) is 9.40. The lowest BCUT2D eigenvalue weighted by atomic mass is 10.1. The first kappa shape index (κ1) is 22.5. The highest BCUT2D eigenvalue weighted by Gasteiger charge is 2.26. The third kappa shape index (κ3) is 4.87. The van der Waals surface area contributed by atoms with E-state index in [0.717, 1.165) is 28.9 Å². The van der Waals surface area contributed by atoms with Gasteiger partial charge >= 0.3 is 0 Å². The van der Waals surface area contributed by atoms with E-state index in [9.17, 15) is 18.4 Å². The Morgan fingerprint density at radius 3 is 2.39 bits per heavy atom. The third-order valence-electron chi connectivity index (χ3n) is 5.64. The molecular weight excluding hydrogens is 426 g/mol. The van der Waals surface area contributed by atoms with Gasteiger partial charge in [-0.25, -0.2) is 8.78 Å². The average Bonchev–Trinajstić information content (AvgIpc) is 3.00. The van der Waals surface area contributed by atoms with Gasteiger partial charge < -0.3 is 14.5 Å². The number of rotatable bonds is 4. The first-order chi connectivity index (χ1) is 15.8. The summed E-state index contributed by atoms with van der Waals surface area (Å²) < 4.78 is 34.1. The molecule has 7 heteroatoms. The summed E-state index contributed by atoms with van der Waals surface area (Å²) in [5.74, 6) is -2.01. The largest absolute Gasteiger partial charge is 0.491 e. The molecule has 3 aromatic rings. The van der Waals surface area contributed by atoms with Crippen LogP contribution in [0.2, 0.25) is 0 Å². The lowest BCUT2D eigenvalue weighted by Crippen LogP contribution is -2.33. The van der Waals surface area contributed by atoms with E-state index >= 15 is 0 Å². The second-order valence-electron chi connectivity index (χ2n) is 8.05. The van der Waals surface area contributed by atoms with Crippen molar-refractivity contribution >= 4 is 17.5 Å². The number of aryl methyl sites for hydroxylation is 1. The summed E-state index contributed by atoms with van der Waals surface area (Å²) >= 11 is 0. The molecule has 0 unspecified atom stereocenters. The average molecular weight is 450 g/mol. The van der Waals surface area contributed by atoms with Crippen LogP contribution in [0.5, 0.6) is 5.75 Å². The van der Waals surface area contributed by atoms with Crippen LogP contribution in [0.15, 0.2) is 60.7 Å². The monoisotopic (exact) mass is 450 g/mol. The van der Waals surface area contributed by atoms with Gasteiger partial charge in [-0.15, -0.1) is 0 Å². The molecule has 0 saturated carbocycles. The van der Waals surface area contributed by atoms with Crippen LogP contribution in [-0.2, 0) is 17.9 Å². The minimum Gasteiger partial charge on any atom is -0.491 e. The van der Waals surface area contributed by atoms with Gasteiger partial charge in [0.05, 0.1) is 13.1 Å². The first-order valence-electron chi connectivity index (χ1n) is 10.7. The van der Waals surface area contributed by atoms with Crippen LogP contribution in [0.1, 0.15) is 34.0 Å². The number of fused-ring (bicyclic) bond motifs is 1. The summed E-state index contributed by atoms with van der Waals surface area (Å²) in [7, 11) is 0. The van der Waals surface area contributed by atoms with Crippen molar-refractivity contribution in [3.8, 4) is 5.75 Å². The Balaban J connectivity index is 1.60. The molecule has 2 amide bonds. The maximum atomic E-state index is 14.2. The van der Waals surface area contributed by atoms with Gasteiger partial charge in [-0.1, -0.05) is 29.8 Å². The number of anilines is 1. The summed E-state index contributed by atoms with van der Waals surface area (Å²) in [4.78, 5) is 28.3. The van der Waals surface area contributed by atoms with Crippen LogP contribution < -0.4 is 9.64 Å². The summed E-state index contributed by atoms with van der Waals surface area (Å²) in [6.07, 6.45) is 0. The molecule has 0 fully saturated rings. The molecule has 1 aliphatic heterocycles. The Labute approximate surface area is 191 Å². The van der Waals surface area contributed by atoms with E-state index in [1.807, 2.05) is 43.3 Å². The maximum Gasteiger partial charge on any atom is 0.260 e. The van der Waals surface area contributed by atoms with Gasteiger partial charge in [-0.2, -0.15) is 0 Å². The molecule has 0 spiro atoms. The Morgan fingerprint density at radius 1 is 1.03 bits per heavy atom. The molecule has 4 rings (SSSR count). The number of hydrogen-bond acceptors (Lipinski definition) is 3. The van der Waals surface area contributed by atoms with Gasteiger partial charge in [0.2, 0.25) is 5.91 Å². The Bertz CT molecular complexity index is 1170. The standard InChI is InChI=1S/C26H24F2N2O3/c1-17-6-9-21(10-7-17)30(18(2)31)15-19-8-11-24-20(14-19)16-29(12-13-33-24)26(32)25-22(27)4-3-5-23(25)28/h3-11,14H,12-13,15-16H2,1-2H3. The fourth-order valence-corrected chi connectivity index (χ4v) is 3.87. The minimum absolute atomic E-state index is 0.100. The predicted octanol–water partition coefficient (Wildman–Crippen LogP) is 4.86. The number of amides is 2. The summed E-state index contributed by atoms with van der Waals surface area (Å²) in [6.45, 7) is 4.36. The Hall–Kier alpha value is -3.74. The van der Waals surface area contributed by atoms with Crippen LogP contribution in [-0.4, -0.2) is 29.9 Å². The zero-order valence-corrected chi connectivity index (χ0v) is 18.5. The molecular formula is C26H24F2N2O3. The molecule has 0 aromatic heterocycles. The predicted molar refractivity (Wildman–Crippen MR) is 121 cm³/mol. The number of halogens is 2. The number of carbonyl (C=O) groups is 2. The van der Waals surface area contributed by atoms with Gasteiger partial charge in [0.15, 0.2) is 0 Å². The van der Waals surface area contributed by atoms with Crippen molar-refractivity contribution in [2.24, 2.45) is 0 Å². The van der Waals surface area contributed by atoms with Crippen LogP contribution in [0.4, 0.5) is 14.5 Å². The highest BCUT2D eigenvalue weighted by Crippen LogP contribution is 2.28. The van der Waals surface area contributed by atoms with Gasteiger partial charge in [0.25, 0.3) is 5.91 Å². The number of hydrogen-bond donors (Lipinski definition) is 0. The lowest BCUT2D eigenvalue weighted by molar-refractivity contribution is -0.116. The molecule has 0 N–H and O–H groups in total. The minimum atomic E-state index is -0.894. The first-order valence-corrected chi connectivity index (χ1v) is 10.7. The normalized spacial score (nSPS) is 13.0. The SMILES string of the molecule is CC(=O)N(Cc1ccc2c(c1)CN(C(=O)c1c(F)cccc1F)CCO2)c1ccc(C)cc1. The van der Waals surface area contributed by atoms with E-state index in [-0.39, 0.29) is 25.6 Å². The smallest absolute Gasteiger partial charge is 0.260 e. The molecule has 33 heavy (non-hydrogen) atoms. The fraction of sp³-hybridized carbons (Fsp3) is 0.231. The quantitative estimate of drug-likeness (QED) is 0.570. The van der Waals surface area contributed by atoms with Gasteiger partial charge in [-0.3, -0.25) is 9.59 Å². The van der Waals surface area contributed by atoms with E-state index in [1.165, 1.54) is 17.9 Å². The molecule has 0 saturated heterocycles. The maximum absolute atomic E-state index is 14.2. The molecule has 0 radical (unpaired) electrons. The van der Waals surface area contributed by atoms with Crippen molar-refractivity contribution in [2.75, 3.05) is 18.1 Å². The molecule has 1 aliphatic rings. The van der Waals surface area contributed by atoms with Crippen LogP contribution in [0.25, 0.3) is 0 Å². The summed E-state index contributed by atoms with van der Waals surface area (Å²) in [6, 6.07) is 16.6. The zero-order chi connectivity index (χ0) is 23.5. The van der Waals surface area contributed by atoms with Gasteiger partial charge in [-0.05, 0) is 48.9 Å². The topological polar surface area (TPSA) is 49.9 Å². The molecule has 5 nitrogen and oxygen atoms in total. The molecule has 0 bridgehead atoms. The van der Waals surface area contributed by atoms with Crippen LogP contribution in [0, 0.1) is 18.6 Å². The van der Waals surface area contributed by atoms with E-state index in [1.54, 1.807) is 11.0 Å². The van der Waals surface area contributed by atoms with Crippen molar-refractivity contribution in [1.29, 1.82) is 0 Å². The lowest BCUT2D eigenvalue weighted by Gasteiger charge is -2.23. The number of benzene rings is 3. The molecule has 170 valence electrons. The molecule has 3 aromatic carbocycles. The van der Waals surface area contributed by atoms with Crippen molar-refractivity contribution in [1.82, 2.24) is 4.90 Å². The number of ether oxygens (including phenoxy) is 1. The van der Waals surface area contributed by atoms with Crippen LogP contribution in [0.3, 0.4) is 0 Å². The number of carbonyl (C=O) groups excluding carboxylic acids is 2. The fourth-order valence-electron chi connectivity index (χ4n) is 3.87.